The summed E-state index contributed by atoms with van der Waals surface area (Å²) in [7, 11) is 0. The van der Waals surface area contributed by atoms with Gasteiger partial charge in [-0.15, -0.1) is 0 Å². The molecule has 0 aliphatic heterocycles. The Kier molecular flexibility index (Phi) is 3.88. The SMILES string of the molecule is CC(Cc1ccccc1)NC(C)c1ncn[nH]1. The molecule has 2 atom stereocenters. The highest BCUT2D eigenvalue weighted by Gasteiger charge is 2.11. The van der Waals surface area contributed by atoms with Crippen LogP contribution in [0.4, 0.5) is 0 Å². The van der Waals surface area contributed by atoms with Gasteiger partial charge in [0, 0.05) is 6.04 Å². The van der Waals surface area contributed by atoms with E-state index in [1.807, 2.05) is 6.07 Å². The average Bonchev–Trinajstić information content (AvgIpc) is 2.83. The summed E-state index contributed by atoms with van der Waals surface area (Å²) in [6, 6.07) is 11.1. The van der Waals surface area contributed by atoms with Gasteiger partial charge in [0.15, 0.2) is 0 Å². The maximum atomic E-state index is 4.15. The van der Waals surface area contributed by atoms with Crippen LogP contribution in [0.25, 0.3) is 0 Å². The molecule has 17 heavy (non-hydrogen) atoms. The van der Waals surface area contributed by atoms with E-state index >= 15 is 0 Å². The minimum Gasteiger partial charge on any atom is -0.305 e. The Hall–Kier alpha value is -1.68. The highest BCUT2D eigenvalue weighted by atomic mass is 15.2. The van der Waals surface area contributed by atoms with E-state index in [9.17, 15) is 0 Å². The molecule has 0 amide bonds. The van der Waals surface area contributed by atoms with E-state index in [4.69, 9.17) is 0 Å². The Morgan fingerprint density at radius 1 is 1.24 bits per heavy atom. The maximum absolute atomic E-state index is 4.15. The van der Waals surface area contributed by atoms with Crippen LogP contribution < -0.4 is 5.32 Å². The van der Waals surface area contributed by atoms with Crippen molar-refractivity contribution in [3.63, 3.8) is 0 Å². The molecular weight excluding hydrogens is 212 g/mol. The first-order valence-corrected chi connectivity index (χ1v) is 5.91. The van der Waals surface area contributed by atoms with Crippen molar-refractivity contribution in [3.8, 4) is 0 Å². The monoisotopic (exact) mass is 230 g/mol. The standard InChI is InChI=1S/C13H18N4/c1-10(8-12-6-4-3-5-7-12)16-11(2)13-14-9-15-17-13/h3-7,9-11,16H,8H2,1-2H3,(H,14,15,17). The van der Waals surface area contributed by atoms with Crippen LogP contribution in [0, 0.1) is 0 Å². The molecule has 1 heterocycles. The van der Waals surface area contributed by atoms with Crippen LogP contribution in [-0.4, -0.2) is 21.2 Å². The van der Waals surface area contributed by atoms with Crippen molar-refractivity contribution < 1.29 is 0 Å². The lowest BCUT2D eigenvalue weighted by Crippen LogP contribution is -2.31. The van der Waals surface area contributed by atoms with E-state index in [1.165, 1.54) is 11.9 Å². The van der Waals surface area contributed by atoms with Gasteiger partial charge >= 0.3 is 0 Å². The van der Waals surface area contributed by atoms with Crippen LogP contribution >= 0.6 is 0 Å². The first-order chi connectivity index (χ1) is 8.25. The van der Waals surface area contributed by atoms with Crippen molar-refractivity contribution in [2.45, 2.75) is 32.4 Å². The third-order valence-corrected chi connectivity index (χ3v) is 2.76. The molecule has 0 spiro atoms. The van der Waals surface area contributed by atoms with E-state index in [1.54, 1.807) is 0 Å². The van der Waals surface area contributed by atoms with Gasteiger partial charge in [0.05, 0.1) is 6.04 Å². The predicted molar refractivity (Wildman–Crippen MR) is 67.5 cm³/mol. The summed E-state index contributed by atoms with van der Waals surface area (Å²) in [5, 5.41) is 10.2. The average molecular weight is 230 g/mol. The molecule has 1 aromatic heterocycles. The van der Waals surface area contributed by atoms with E-state index in [0.29, 0.717) is 6.04 Å². The van der Waals surface area contributed by atoms with Gasteiger partial charge in [0.1, 0.15) is 12.2 Å². The molecule has 2 N–H and O–H groups in total. The number of benzene rings is 1. The zero-order valence-electron chi connectivity index (χ0n) is 10.2. The normalized spacial score (nSPS) is 14.5. The molecule has 0 radical (unpaired) electrons. The van der Waals surface area contributed by atoms with Crippen LogP contribution in [-0.2, 0) is 6.42 Å². The molecular formula is C13H18N4. The Morgan fingerprint density at radius 3 is 2.65 bits per heavy atom. The van der Waals surface area contributed by atoms with E-state index in [0.717, 1.165) is 12.2 Å². The van der Waals surface area contributed by atoms with Crippen molar-refractivity contribution in [1.82, 2.24) is 20.5 Å². The number of H-pyrrole nitrogens is 1. The van der Waals surface area contributed by atoms with Gasteiger partial charge in [-0.2, -0.15) is 5.10 Å². The van der Waals surface area contributed by atoms with E-state index < -0.39 is 0 Å². The summed E-state index contributed by atoms with van der Waals surface area (Å²) in [6.45, 7) is 4.27. The number of aromatic nitrogens is 3. The van der Waals surface area contributed by atoms with Crippen LogP contribution in [0.3, 0.4) is 0 Å². The summed E-state index contributed by atoms with van der Waals surface area (Å²) in [4.78, 5) is 4.15. The van der Waals surface area contributed by atoms with Gasteiger partial charge < -0.3 is 5.32 Å². The second kappa shape index (κ2) is 5.59. The Bertz CT molecular complexity index is 424. The first-order valence-electron chi connectivity index (χ1n) is 5.91. The molecule has 2 unspecified atom stereocenters. The molecule has 0 bridgehead atoms. The molecule has 4 heteroatoms. The molecule has 2 aromatic rings. The Morgan fingerprint density at radius 2 is 2.00 bits per heavy atom. The predicted octanol–water partition coefficient (Wildman–Crippen LogP) is 2.09. The third-order valence-electron chi connectivity index (χ3n) is 2.76. The lowest BCUT2D eigenvalue weighted by molar-refractivity contribution is 0.462. The topological polar surface area (TPSA) is 53.6 Å². The zero-order valence-corrected chi connectivity index (χ0v) is 10.2. The summed E-state index contributed by atoms with van der Waals surface area (Å²) in [6.07, 6.45) is 2.55. The molecule has 0 fully saturated rings. The number of aromatic amines is 1. The summed E-state index contributed by atoms with van der Waals surface area (Å²) in [5.41, 5.74) is 1.34. The van der Waals surface area contributed by atoms with Gasteiger partial charge in [-0.05, 0) is 25.8 Å². The van der Waals surface area contributed by atoms with Gasteiger partial charge in [-0.25, -0.2) is 4.98 Å². The molecule has 0 aliphatic carbocycles. The number of nitrogens with zero attached hydrogens (tertiary/aromatic N) is 2. The quantitative estimate of drug-likeness (QED) is 0.827. The fraction of sp³-hybridized carbons (Fsp3) is 0.385. The van der Waals surface area contributed by atoms with Crippen LogP contribution in [0.5, 0.6) is 0 Å². The maximum Gasteiger partial charge on any atom is 0.141 e. The highest BCUT2D eigenvalue weighted by molar-refractivity contribution is 5.15. The molecule has 4 nitrogen and oxygen atoms in total. The number of hydrogen-bond acceptors (Lipinski definition) is 3. The van der Waals surface area contributed by atoms with Gasteiger partial charge in [-0.1, -0.05) is 30.3 Å². The van der Waals surface area contributed by atoms with Gasteiger partial charge in [-0.3, -0.25) is 5.10 Å². The van der Waals surface area contributed by atoms with E-state index in [2.05, 4.69) is 58.6 Å². The third kappa shape index (κ3) is 3.39. The fourth-order valence-corrected chi connectivity index (χ4v) is 1.96. The Labute approximate surface area is 101 Å². The molecule has 90 valence electrons. The van der Waals surface area contributed by atoms with Crippen LogP contribution in [0.1, 0.15) is 31.3 Å². The lowest BCUT2D eigenvalue weighted by atomic mass is 10.1. The van der Waals surface area contributed by atoms with Crippen molar-refractivity contribution in [1.29, 1.82) is 0 Å². The van der Waals surface area contributed by atoms with Gasteiger partial charge in [0.25, 0.3) is 0 Å². The summed E-state index contributed by atoms with van der Waals surface area (Å²) < 4.78 is 0. The second-order valence-corrected chi connectivity index (χ2v) is 4.35. The smallest absolute Gasteiger partial charge is 0.141 e. The fourth-order valence-electron chi connectivity index (χ4n) is 1.96. The second-order valence-electron chi connectivity index (χ2n) is 4.35. The highest BCUT2D eigenvalue weighted by Crippen LogP contribution is 2.08. The van der Waals surface area contributed by atoms with E-state index in [-0.39, 0.29) is 6.04 Å². The number of nitrogens with one attached hydrogen (secondary N) is 2. The molecule has 0 aliphatic rings. The largest absolute Gasteiger partial charge is 0.305 e. The first kappa shape index (κ1) is 11.8. The number of rotatable bonds is 5. The summed E-state index contributed by atoms with van der Waals surface area (Å²) >= 11 is 0. The van der Waals surface area contributed by atoms with Crippen LogP contribution in [0.15, 0.2) is 36.7 Å². The molecule has 0 saturated carbocycles. The lowest BCUT2D eigenvalue weighted by Gasteiger charge is -2.18. The molecule has 1 aromatic carbocycles. The zero-order chi connectivity index (χ0) is 12.1. The Balaban J connectivity index is 1.87. The molecule has 0 saturated heterocycles. The number of hydrogen-bond donors (Lipinski definition) is 2. The minimum atomic E-state index is 0.191. The summed E-state index contributed by atoms with van der Waals surface area (Å²) in [5.74, 6) is 0.880. The van der Waals surface area contributed by atoms with Crippen molar-refractivity contribution in [2.24, 2.45) is 0 Å². The molecule has 2 rings (SSSR count). The van der Waals surface area contributed by atoms with Crippen molar-refractivity contribution in [3.05, 3.63) is 48.0 Å². The van der Waals surface area contributed by atoms with Crippen LogP contribution in [0.2, 0.25) is 0 Å². The van der Waals surface area contributed by atoms with Gasteiger partial charge in [0.2, 0.25) is 0 Å². The van der Waals surface area contributed by atoms with Crippen molar-refractivity contribution in [2.75, 3.05) is 0 Å². The van der Waals surface area contributed by atoms with Crippen molar-refractivity contribution >= 4 is 0 Å². The minimum absolute atomic E-state index is 0.191.